The van der Waals surface area contributed by atoms with Crippen LogP contribution < -0.4 is 5.32 Å². The van der Waals surface area contributed by atoms with Gasteiger partial charge in [0.2, 0.25) is 5.91 Å². The first-order valence-corrected chi connectivity index (χ1v) is 7.40. The number of benzene rings is 1. The molecule has 0 bridgehead atoms. The van der Waals surface area contributed by atoms with Gasteiger partial charge in [0.25, 0.3) is 0 Å². The second kappa shape index (κ2) is 6.46. The molecule has 0 saturated carbocycles. The molecule has 108 valence electrons. The third kappa shape index (κ3) is 3.25. The van der Waals surface area contributed by atoms with Crippen LogP contribution in [0.15, 0.2) is 18.2 Å². The highest BCUT2D eigenvalue weighted by Gasteiger charge is 2.17. The van der Waals surface area contributed by atoms with E-state index >= 15 is 0 Å². The maximum absolute atomic E-state index is 11.9. The quantitative estimate of drug-likeness (QED) is 0.859. The summed E-state index contributed by atoms with van der Waals surface area (Å²) in [6.45, 7) is 4.71. The van der Waals surface area contributed by atoms with Crippen LogP contribution in [-0.4, -0.2) is 22.0 Å². The summed E-state index contributed by atoms with van der Waals surface area (Å²) < 4.78 is 1.82. The van der Waals surface area contributed by atoms with Crippen molar-refractivity contribution in [1.29, 1.82) is 0 Å². The van der Waals surface area contributed by atoms with Gasteiger partial charge in [-0.1, -0.05) is 18.5 Å². The summed E-state index contributed by atoms with van der Waals surface area (Å²) in [5.41, 5.74) is 1.62. The molecule has 1 amide bonds. The number of carbonyl (C=O) groups excluding carboxylic acids is 1. The predicted octanol–water partition coefficient (Wildman–Crippen LogP) is 3.52. The maximum Gasteiger partial charge on any atom is 0.240 e. The fraction of sp³-hybridized carbons (Fsp3) is 0.429. The Kier molecular flexibility index (Phi) is 4.89. The van der Waals surface area contributed by atoms with Crippen molar-refractivity contribution in [2.45, 2.75) is 32.2 Å². The van der Waals surface area contributed by atoms with Gasteiger partial charge in [0.1, 0.15) is 12.4 Å². The SMILES string of the molecule is CCCNC(=O)Cn1c(C(C)Cl)nc2ccc(Cl)cc21. The fourth-order valence-electron chi connectivity index (χ4n) is 2.05. The number of aromatic nitrogens is 2. The molecule has 0 aliphatic rings. The molecule has 1 unspecified atom stereocenters. The van der Waals surface area contributed by atoms with Crippen LogP contribution in [0, 0.1) is 0 Å². The van der Waals surface area contributed by atoms with Crippen molar-refractivity contribution in [3.8, 4) is 0 Å². The summed E-state index contributed by atoms with van der Waals surface area (Å²) in [5, 5.41) is 3.19. The minimum absolute atomic E-state index is 0.0512. The summed E-state index contributed by atoms with van der Waals surface area (Å²) in [4.78, 5) is 16.4. The summed E-state index contributed by atoms with van der Waals surface area (Å²) in [7, 11) is 0. The van der Waals surface area contributed by atoms with Gasteiger partial charge in [-0.2, -0.15) is 0 Å². The van der Waals surface area contributed by atoms with E-state index < -0.39 is 0 Å². The Morgan fingerprint density at radius 1 is 1.50 bits per heavy atom. The van der Waals surface area contributed by atoms with E-state index in [1.165, 1.54) is 0 Å². The highest BCUT2D eigenvalue weighted by Crippen LogP contribution is 2.26. The molecule has 1 aromatic carbocycles. The molecule has 0 aliphatic heterocycles. The zero-order chi connectivity index (χ0) is 14.7. The summed E-state index contributed by atoms with van der Waals surface area (Å²) in [5.74, 6) is 0.625. The van der Waals surface area contributed by atoms with Gasteiger partial charge in [-0.15, -0.1) is 11.6 Å². The second-order valence-corrected chi connectivity index (χ2v) is 5.75. The Hall–Kier alpha value is -1.26. The molecule has 1 atom stereocenters. The van der Waals surface area contributed by atoms with Gasteiger partial charge in [0, 0.05) is 11.6 Å². The third-order valence-electron chi connectivity index (χ3n) is 2.97. The van der Waals surface area contributed by atoms with Crippen LogP contribution in [0.4, 0.5) is 0 Å². The molecule has 0 saturated heterocycles. The molecule has 2 aromatic rings. The summed E-state index contributed by atoms with van der Waals surface area (Å²) in [6, 6.07) is 5.42. The molecule has 1 N–H and O–H groups in total. The van der Waals surface area contributed by atoms with Crippen molar-refractivity contribution in [3.05, 3.63) is 29.0 Å². The van der Waals surface area contributed by atoms with Crippen molar-refractivity contribution >= 4 is 40.1 Å². The number of hydrogen-bond donors (Lipinski definition) is 1. The van der Waals surface area contributed by atoms with Gasteiger partial charge < -0.3 is 9.88 Å². The normalized spacial score (nSPS) is 12.6. The van der Waals surface area contributed by atoms with Gasteiger partial charge in [-0.3, -0.25) is 4.79 Å². The molecule has 1 aromatic heterocycles. The van der Waals surface area contributed by atoms with Crippen molar-refractivity contribution in [2.24, 2.45) is 0 Å². The number of imidazole rings is 1. The van der Waals surface area contributed by atoms with E-state index in [9.17, 15) is 4.79 Å². The highest BCUT2D eigenvalue weighted by molar-refractivity contribution is 6.31. The maximum atomic E-state index is 11.9. The standard InChI is InChI=1S/C14H17Cl2N3O/c1-3-6-17-13(20)8-19-12-7-10(16)4-5-11(12)18-14(19)9(2)15/h4-5,7,9H,3,6,8H2,1-2H3,(H,17,20). The summed E-state index contributed by atoms with van der Waals surface area (Å²) >= 11 is 12.2. The molecule has 4 nitrogen and oxygen atoms in total. The van der Waals surface area contributed by atoms with E-state index in [2.05, 4.69) is 10.3 Å². The topological polar surface area (TPSA) is 46.9 Å². The lowest BCUT2D eigenvalue weighted by Crippen LogP contribution is -2.28. The Morgan fingerprint density at radius 3 is 2.90 bits per heavy atom. The van der Waals surface area contributed by atoms with E-state index in [0.717, 1.165) is 17.5 Å². The lowest BCUT2D eigenvalue weighted by atomic mass is 10.3. The molecule has 20 heavy (non-hydrogen) atoms. The number of hydrogen-bond acceptors (Lipinski definition) is 2. The Balaban J connectivity index is 2.40. The van der Waals surface area contributed by atoms with Gasteiger partial charge in [0.05, 0.1) is 16.4 Å². The number of rotatable bonds is 5. The second-order valence-electron chi connectivity index (χ2n) is 4.66. The Bertz CT molecular complexity index is 622. The largest absolute Gasteiger partial charge is 0.355 e. The molecule has 1 heterocycles. The van der Waals surface area contributed by atoms with Gasteiger partial charge in [-0.25, -0.2) is 4.98 Å². The Labute approximate surface area is 128 Å². The van der Waals surface area contributed by atoms with Crippen molar-refractivity contribution in [2.75, 3.05) is 6.54 Å². The first-order valence-electron chi connectivity index (χ1n) is 6.59. The molecule has 0 fully saturated rings. The highest BCUT2D eigenvalue weighted by atomic mass is 35.5. The van der Waals surface area contributed by atoms with Crippen LogP contribution >= 0.6 is 23.2 Å². The van der Waals surface area contributed by atoms with Crippen molar-refractivity contribution < 1.29 is 4.79 Å². The number of halogens is 2. The van der Waals surface area contributed by atoms with Crippen LogP contribution in [0.5, 0.6) is 0 Å². The number of fused-ring (bicyclic) bond motifs is 1. The zero-order valence-corrected chi connectivity index (χ0v) is 13.0. The van der Waals surface area contributed by atoms with E-state index in [-0.39, 0.29) is 17.8 Å². The van der Waals surface area contributed by atoms with Crippen molar-refractivity contribution in [3.63, 3.8) is 0 Å². The average Bonchev–Trinajstić information content (AvgIpc) is 2.75. The van der Waals surface area contributed by atoms with Gasteiger partial charge in [0.15, 0.2) is 0 Å². The number of alkyl halides is 1. The fourth-order valence-corrected chi connectivity index (χ4v) is 2.38. The molecule has 0 aliphatic carbocycles. The zero-order valence-electron chi connectivity index (χ0n) is 11.5. The average molecular weight is 314 g/mol. The number of amides is 1. The van der Waals surface area contributed by atoms with E-state index in [4.69, 9.17) is 23.2 Å². The van der Waals surface area contributed by atoms with Crippen molar-refractivity contribution in [1.82, 2.24) is 14.9 Å². The minimum atomic E-state index is -0.278. The lowest BCUT2D eigenvalue weighted by Gasteiger charge is -2.10. The van der Waals surface area contributed by atoms with E-state index in [0.29, 0.717) is 17.4 Å². The van der Waals surface area contributed by atoms with Gasteiger partial charge >= 0.3 is 0 Å². The lowest BCUT2D eigenvalue weighted by molar-refractivity contribution is -0.121. The molecule has 2 rings (SSSR count). The van der Waals surface area contributed by atoms with Crippen LogP contribution in [0.3, 0.4) is 0 Å². The number of nitrogens with one attached hydrogen (secondary N) is 1. The monoisotopic (exact) mass is 313 g/mol. The molecule has 6 heteroatoms. The number of nitrogens with zero attached hydrogens (tertiary/aromatic N) is 2. The minimum Gasteiger partial charge on any atom is -0.355 e. The van der Waals surface area contributed by atoms with Crippen LogP contribution in [0.25, 0.3) is 11.0 Å². The molecular formula is C14H17Cl2N3O. The first kappa shape index (κ1) is 15.1. The van der Waals surface area contributed by atoms with Gasteiger partial charge in [-0.05, 0) is 31.5 Å². The van der Waals surface area contributed by atoms with E-state index in [1.54, 1.807) is 12.1 Å². The first-order chi connectivity index (χ1) is 9.52. The number of carbonyl (C=O) groups is 1. The van der Waals surface area contributed by atoms with Crippen LogP contribution in [-0.2, 0) is 11.3 Å². The Morgan fingerprint density at radius 2 is 2.25 bits per heavy atom. The summed E-state index contributed by atoms with van der Waals surface area (Å²) in [6.07, 6.45) is 0.904. The van der Waals surface area contributed by atoms with Crippen LogP contribution in [0.2, 0.25) is 5.02 Å². The molecule has 0 spiro atoms. The van der Waals surface area contributed by atoms with Crippen LogP contribution in [0.1, 0.15) is 31.5 Å². The van der Waals surface area contributed by atoms with E-state index in [1.807, 2.05) is 24.5 Å². The molecule has 0 radical (unpaired) electrons. The smallest absolute Gasteiger partial charge is 0.240 e. The predicted molar refractivity (Wildman–Crippen MR) is 82.3 cm³/mol. The molecular weight excluding hydrogens is 297 g/mol. The third-order valence-corrected chi connectivity index (χ3v) is 3.40.